The molecule has 0 aliphatic rings. The highest BCUT2D eigenvalue weighted by Gasteiger charge is 1.94. The van der Waals surface area contributed by atoms with Gasteiger partial charge in [-0.1, -0.05) is 0 Å². The molecule has 0 aliphatic carbocycles. The second-order valence-electron chi connectivity index (χ2n) is 2.68. The van der Waals surface area contributed by atoms with Crippen molar-refractivity contribution in [1.82, 2.24) is 0 Å². The van der Waals surface area contributed by atoms with E-state index in [4.69, 9.17) is 15.2 Å². The Morgan fingerprint density at radius 2 is 1.90 bits per heavy atom. The van der Waals surface area contributed by atoms with E-state index in [0.29, 0.717) is 13.4 Å². The molecule has 0 radical (unpaired) electrons. The van der Waals surface area contributed by atoms with E-state index in [9.17, 15) is 0 Å². The summed E-state index contributed by atoms with van der Waals surface area (Å²) in [6.45, 7) is 6.74. The predicted molar refractivity (Wildman–Crippen MR) is 40.7 cm³/mol. The van der Waals surface area contributed by atoms with Crippen LogP contribution in [-0.2, 0) is 9.47 Å². The molecule has 0 aliphatic heterocycles. The average Bonchev–Trinajstić information content (AvgIpc) is 1.79. The monoisotopic (exact) mass is 147 g/mol. The minimum atomic E-state index is 0.0933. The largest absolute Gasteiger partial charge is 0.354 e. The van der Waals surface area contributed by atoms with Gasteiger partial charge in [0, 0.05) is 6.04 Å². The molecule has 0 aromatic rings. The zero-order valence-electron chi connectivity index (χ0n) is 6.96. The van der Waals surface area contributed by atoms with Gasteiger partial charge in [0.25, 0.3) is 0 Å². The standard InChI is InChI=1S/C7H17NO2/c1-6(2)10-5-9-4-7(3)8/h6-7H,4-5,8H2,1-3H3/t7-/m0/s1. The summed E-state index contributed by atoms with van der Waals surface area (Å²) in [5.41, 5.74) is 5.43. The predicted octanol–water partition coefficient (Wildman–Crippen LogP) is 0.733. The van der Waals surface area contributed by atoms with Crippen LogP contribution in [0.1, 0.15) is 20.8 Å². The highest BCUT2D eigenvalue weighted by atomic mass is 16.7. The highest BCUT2D eigenvalue weighted by molar-refractivity contribution is 4.46. The van der Waals surface area contributed by atoms with Crippen molar-refractivity contribution in [1.29, 1.82) is 0 Å². The number of ether oxygens (including phenoxy) is 2. The van der Waals surface area contributed by atoms with Gasteiger partial charge in [-0.05, 0) is 20.8 Å². The summed E-state index contributed by atoms with van der Waals surface area (Å²) in [6.07, 6.45) is 0.230. The first-order valence-electron chi connectivity index (χ1n) is 3.58. The van der Waals surface area contributed by atoms with Crippen molar-refractivity contribution in [3.05, 3.63) is 0 Å². The molecule has 0 unspecified atom stereocenters. The molecule has 0 saturated carbocycles. The second-order valence-corrected chi connectivity index (χ2v) is 2.68. The van der Waals surface area contributed by atoms with Crippen LogP contribution in [0.4, 0.5) is 0 Å². The maximum absolute atomic E-state index is 5.43. The summed E-state index contributed by atoms with van der Waals surface area (Å²) in [5.74, 6) is 0. The van der Waals surface area contributed by atoms with E-state index in [2.05, 4.69) is 0 Å². The lowest BCUT2D eigenvalue weighted by Gasteiger charge is -2.09. The Kier molecular flexibility index (Phi) is 5.58. The van der Waals surface area contributed by atoms with E-state index in [1.807, 2.05) is 20.8 Å². The zero-order valence-corrected chi connectivity index (χ0v) is 6.96. The Balaban J connectivity index is 2.91. The molecule has 0 fully saturated rings. The lowest BCUT2D eigenvalue weighted by molar-refractivity contribution is -0.0805. The quantitative estimate of drug-likeness (QED) is 0.460. The van der Waals surface area contributed by atoms with E-state index < -0.39 is 0 Å². The van der Waals surface area contributed by atoms with Crippen LogP contribution in [0.5, 0.6) is 0 Å². The topological polar surface area (TPSA) is 44.5 Å². The van der Waals surface area contributed by atoms with Crippen LogP contribution in [0.15, 0.2) is 0 Å². The summed E-state index contributed by atoms with van der Waals surface area (Å²) in [7, 11) is 0. The van der Waals surface area contributed by atoms with Gasteiger partial charge < -0.3 is 15.2 Å². The van der Waals surface area contributed by atoms with Gasteiger partial charge >= 0.3 is 0 Å². The van der Waals surface area contributed by atoms with Crippen molar-refractivity contribution in [2.45, 2.75) is 32.9 Å². The number of hydrogen-bond acceptors (Lipinski definition) is 3. The summed E-state index contributed by atoms with van der Waals surface area (Å²) in [4.78, 5) is 0. The first kappa shape index (κ1) is 9.88. The summed E-state index contributed by atoms with van der Waals surface area (Å²) in [5, 5.41) is 0. The number of nitrogens with two attached hydrogens (primary N) is 1. The molecular weight excluding hydrogens is 130 g/mol. The van der Waals surface area contributed by atoms with Crippen molar-refractivity contribution in [2.24, 2.45) is 5.73 Å². The third kappa shape index (κ3) is 7.88. The first-order chi connectivity index (χ1) is 4.63. The Labute approximate surface area is 62.5 Å². The van der Waals surface area contributed by atoms with Gasteiger partial charge in [0.1, 0.15) is 6.79 Å². The molecule has 3 nitrogen and oxygen atoms in total. The Hall–Kier alpha value is -0.120. The Morgan fingerprint density at radius 1 is 1.30 bits per heavy atom. The molecule has 0 spiro atoms. The summed E-state index contributed by atoms with van der Waals surface area (Å²) < 4.78 is 10.2. The van der Waals surface area contributed by atoms with Gasteiger partial charge in [0.15, 0.2) is 0 Å². The maximum atomic E-state index is 5.43. The SMILES string of the molecule is CC(C)OCOC[C@H](C)N. The first-order valence-corrected chi connectivity index (χ1v) is 3.58. The minimum Gasteiger partial charge on any atom is -0.354 e. The lowest BCUT2D eigenvalue weighted by Crippen LogP contribution is -2.23. The van der Waals surface area contributed by atoms with Crippen LogP contribution in [0.2, 0.25) is 0 Å². The third-order valence-electron chi connectivity index (χ3n) is 0.865. The van der Waals surface area contributed by atoms with Crippen LogP contribution in [0.3, 0.4) is 0 Å². The van der Waals surface area contributed by atoms with Gasteiger partial charge in [0.05, 0.1) is 12.7 Å². The molecule has 2 N–H and O–H groups in total. The van der Waals surface area contributed by atoms with Gasteiger partial charge in [-0.15, -0.1) is 0 Å². The minimum absolute atomic E-state index is 0.0933. The van der Waals surface area contributed by atoms with Crippen molar-refractivity contribution in [3.63, 3.8) is 0 Å². The lowest BCUT2D eigenvalue weighted by atomic mass is 10.4. The average molecular weight is 147 g/mol. The molecule has 0 rings (SSSR count). The van der Waals surface area contributed by atoms with E-state index in [1.165, 1.54) is 0 Å². The van der Waals surface area contributed by atoms with Crippen LogP contribution in [-0.4, -0.2) is 25.5 Å². The van der Waals surface area contributed by atoms with Crippen molar-refractivity contribution in [2.75, 3.05) is 13.4 Å². The molecule has 3 heteroatoms. The number of rotatable bonds is 5. The van der Waals surface area contributed by atoms with Gasteiger partial charge in [-0.3, -0.25) is 0 Å². The van der Waals surface area contributed by atoms with Gasteiger partial charge in [-0.2, -0.15) is 0 Å². The molecule has 0 aromatic carbocycles. The van der Waals surface area contributed by atoms with Crippen molar-refractivity contribution >= 4 is 0 Å². The fourth-order valence-corrected chi connectivity index (χ4v) is 0.418. The smallest absolute Gasteiger partial charge is 0.147 e. The molecule has 0 heterocycles. The normalized spacial score (nSPS) is 14.1. The molecule has 62 valence electrons. The molecular formula is C7H17NO2. The van der Waals surface area contributed by atoms with Crippen LogP contribution < -0.4 is 5.73 Å². The van der Waals surface area contributed by atoms with E-state index in [1.54, 1.807) is 0 Å². The van der Waals surface area contributed by atoms with E-state index >= 15 is 0 Å². The van der Waals surface area contributed by atoms with Gasteiger partial charge in [-0.25, -0.2) is 0 Å². The highest BCUT2D eigenvalue weighted by Crippen LogP contribution is 1.88. The van der Waals surface area contributed by atoms with Crippen LogP contribution in [0, 0.1) is 0 Å². The Morgan fingerprint density at radius 3 is 2.30 bits per heavy atom. The molecule has 0 bridgehead atoms. The third-order valence-corrected chi connectivity index (χ3v) is 0.865. The van der Waals surface area contributed by atoms with Crippen molar-refractivity contribution < 1.29 is 9.47 Å². The van der Waals surface area contributed by atoms with Crippen LogP contribution >= 0.6 is 0 Å². The Bertz CT molecular complexity index is 64.0. The molecule has 0 saturated heterocycles. The maximum Gasteiger partial charge on any atom is 0.147 e. The molecule has 1 atom stereocenters. The molecule has 10 heavy (non-hydrogen) atoms. The van der Waals surface area contributed by atoms with Gasteiger partial charge in [0.2, 0.25) is 0 Å². The fourth-order valence-electron chi connectivity index (χ4n) is 0.418. The van der Waals surface area contributed by atoms with E-state index in [0.717, 1.165) is 0 Å². The fraction of sp³-hybridized carbons (Fsp3) is 1.00. The number of hydrogen-bond donors (Lipinski definition) is 1. The molecule has 0 amide bonds. The van der Waals surface area contributed by atoms with Crippen LogP contribution in [0.25, 0.3) is 0 Å². The summed E-state index contributed by atoms with van der Waals surface area (Å²) in [6, 6.07) is 0.0933. The van der Waals surface area contributed by atoms with Crippen molar-refractivity contribution in [3.8, 4) is 0 Å². The zero-order chi connectivity index (χ0) is 7.98. The molecule has 0 aromatic heterocycles. The summed E-state index contributed by atoms with van der Waals surface area (Å²) >= 11 is 0. The van der Waals surface area contributed by atoms with E-state index in [-0.39, 0.29) is 12.1 Å². The second kappa shape index (κ2) is 5.65.